The van der Waals surface area contributed by atoms with E-state index in [1.807, 2.05) is 24.3 Å². The monoisotopic (exact) mass is 459 g/mol. The van der Waals surface area contributed by atoms with Gasteiger partial charge in [-0.25, -0.2) is 8.42 Å². The molecule has 0 fully saturated rings. The van der Waals surface area contributed by atoms with Crippen LogP contribution >= 0.6 is 0 Å². The van der Waals surface area contributed by atoms with Crippen molar-refractivity contribution in [1.82, 2.24) is 0 Å². The van der Waals surface area contributed by atoms with E-state index in [9.17, 15) is 13.2 Å². The normalized spacial score (nSPS) is 13.2. The van der Waals surface area contributed by atoms with Crippen LogP contribution in [0.3, 0.4) is 0 Å². The van der Waals surface area contributed by atoms with E-state index in [0.29, 0.717) is 30.6 Å². The summed E-state index contributed by atoms with van der Waals surface area (Å²) in [7, 11) is -2.11. The van der Waals surface area contributed by atoms with Crippen molar-refractivity contribution in [2.45, 2.75) is 30.6 Å². The summed E-state index contributed by atoms with van der Waals surface area (Å²) in [4.78, 5) is 15.0. The van der Waals surface area contributed by atoms with Gasteiger partial charge in [0, 0.05) is 25.7 Å². The van der Waals surface area contributed by atoms with Gasteiger partial charge in [0.1, 0.15) is 0 Å². The van der Waals surface area contributed by atoms with E-state index in [1.165, 1.54) is 4.31 Å². The number of sulfonamides is 1. The number of benzene rings is 3. The highest BCUT2D eigenvalue weighted by Gasteiger charge is 2.25. The maximum atomic E-state index is 13.0. The van der Waals surface area contributed by atoms with Crippen molar-refractivity contribution in [3.63, 3.8) is 0 Å². The molecule has 1 amide bonds. The van der Waals surface area contributed by atoms with Crippen LogP contribution < -0.4 is 9.21 Å². The van der Waals surface area contributed by atoms with Crippen LogP contribution in [0.1, 0.15) is 29.5 Å². The number of anilines is 2. The summed E-state index contributed by atoms with van der Waals surface area (Å²) in [5.41, 5.74) is 4.01. The molecule has 0 atom stereocenters. The molecule has 1 heterocycles. The fourth-order valence-electron chi connectivity index (χ4n) is 4.06. The molecule has 0 saturated carbocycles. The predicted octanol–water partition coefficient (Wildman–Crippen LogP) is 4.30. The molecule has 1 aliphatic heterocycles. The summed E-state index contributed by atoms with van der Waals surface area (Å²) in [6, 6.07) is 23.2. The van der Waals surface area contributed by atoms with Crippen LogP contribution in [0.2, 0.25) is 0 Å². The van der Waals surface area contributed by atoms with Crippen LogP contribution in [0.25, 0.3) is 0 Å². The van der Waals surface area contributed by atoms with E-state index in [4.69, 9.17) is 5.26 Å². The van der Waals surface area contributed by atoms with Gasteiger partial charge in [-0.15, -0.1) is 0 Å². The average Bonchev–Trinajstić information content (AvgIpc) is 2.86. The van der Waals surface area contributed by atoms with Gasteiger partial charge in [-0.05, 0) is 72.9 Å². The molecule has 3 aromatic rings. The number of aryl methyl sites for hydroxylation is 2. The number of fused-ring (bicyclic) bond motifs is 1. The van der Waals surface area contributed by atoms with Crippen molar-refractivity contribution in [1.29, 1.82) is 5.26 Å². The quantitative estimate of drug-likeness (QED) is 0.551. The Morgan fingerprint density at radius 1 is 1.06 bits per heavy atom. The van der Waals surface area contributed by atoms with Gasteiger partial charge in [0.2, 0.25) is 5.91 Å². The van der Waals surface area contributed by atoms with Crippen LogP contribution in [-0.2, 0) is 27.7 Å². The minimum Gasteiger partial charge on any atom is -0.312 e. The topological polar surface area (TPSA) is 81.5 Å². The molecule has 0 saturated heterocycles. The summed E-state index contributed by atoms with van der Waals surface area (Å²) in [5.74, 6) is 0.0401. The molecule has 0 aromatic heterocycles. The minimum atomic E-state index is -3.66. The van der Waals surface area contributed by atoms with Gasteiger partial charge < -0.3 is 4.90 Å². The summed E-state index contributed by atoms with van der Waals surface area (Å²) in [6.45, 7) is 0.650. The Labute approximate surface area is 194 Å². The van der Waals surface area contributed by atoms with Gasteiger partial charge in [-0.1, -0.05) is 30.3 Å². The summed E-state index contributed by atoms with van der Waals surface area (Å²) >= 11 is 0. The Balaban J connectivity index is 1.50. The number of amides is 1. The molecule has 0 N–H and O–H groups in total. The van der Waals surface area contributed by atoms with E-state index >= 15 is 0 Å². The SMILES string of the molecule is CN(c1ccc2c(c1)CCCN2C(=O)CCc1ccc(C#N)cc1)S(=O)(=O)c1ccccc1. The lowest BCUT2D eigenvalue weighted by atomic mass is 10.00. The van der Waals surface area contributed by atoms with E-state index in [-0.39, 0.29) is 10.8 Å². The molecular formula is C26H25N3O3S. The first-order valence-corrected chi connectivity index (χ1v) is 12.3. The zero-order chi connectivity index (χ0) is 23.4. The minimum absolute atomic E-state index is 0.0401. The maximum Gasteiger partial charge on any atom is 0.264 e. The first-order chi connectivity index (χ1) is 15.9. The number of carbonyl (C=O) groups is 1. The molecule has 7 heteroatoms. The Morgan fingerprint density at radius 3 is 2.48 bits per heavy atom. The van der Waals surface area contributed by atoms with E-state index in [2.05, 4.69) is 6.07 Å². The second-order valence-electron chi connectivity index (χ2n) is 8.06. The zero-order valence-electron chi connectivity index (χ0n) is 18.4. The number of nitrogens with zero attached hydrogens (tertiary/aromatic N) is 3. The summed E-state index contributed by atoms with van der Waals surface area (Å²) in [5, 5.41) is 8.92. The molecule has 4 rings (SSSR count). The number of hydrogen-bond acceptors (Lipinski definition) is 4. The Bertz CT molecular complexity index is 1300. The lowest BCUT2D eigenvalue weighted by Gasteiger charge is -2.31. The number of hydrogen-bond donors (Lipinski definition) is 0. The predicted molar refractivity (Wildman–Crippen MR) is 129 cm³/mol. The van der Waals surface area contributed by atoms with E-state index < -0.39 is 10.0 Å². The molecule has 0 bridgehead atoms. The number of nitriles is 1. The highest BCUT2D eigenvalue weighted by Crippen LogP contribution is 2.33. The van der Waals surface area contributed by atoms with Crippen LogP contribution in [-0.4, -0.2) is 27.9 Å². The first-order valence-electron chi connectivity index (χ1n) is 10.9. The van der Waals surface area contributed by atoms with Gasteiger partial charge >= 0.3 is 0 Å². The Hall–Kier alpha value is -3.63. The second kappa shape index (κ2) is 9.47. The lowest BCUT2D eigenvalue weighted by Crippen LogP contribution is -2.36. The van der Waals surface area contributed by atoms with Crippen LogP contribution in [0.5, 0.6) is 0 Å². The standard InChI is InChI=1S/C26H25N3O3S/c1-28(33(31,32)24-7-3-2-4-8-24)23-14-15-25-22(18-23)6-5-17-29(25)26(30)16-13-20-9-11-21(19-27)12-10-20/h2-4,7-12,14-15,18H,5-6,13,16-17H2,1H3. The van der Waals surface area contributed by atoms with Crippen LogP contribution in [0.15, 0.2) is 77.7 Å². The van der Waals surface area contributed by atoms with Gasteiger partial charge in [0.25, 0.3) is 10.0 Å². The number of rotatable bonds is 6. The van der Waals surface area contributed by atoms with Crippen molar-refractivity contribution in [2.24, 2.45) is 0 Å². The lowest BCUT2D eigenvalue weighted by molar-refractivity contribution is -0.118. The molecule has 0 spiro atoms. The zero-order valence-corrected chi connectivity index (χ0v) is 19.3. The maximum absolute atomic E-state index is 13.0. The van der Waals surface area contributed by atoms with Gasteiger partial charge in [0.15, 0.2) is 0 Å². The van der Waals surface area contributed by atoms with E-state index in [0.717, 1.165) is 29.7 Å². The highest BCUT2D eigenvalue weighted by atomic mass is 32.2. The molecule has 0 radical (unpaired) electrons. The Morgan fingerprint density at radius 2 is 1.79 bits per heavy atom. The molecule has 0 unspecified atom stereocenters. The summed E-state index contributed by atoms with van der Waals surface area (Å²) < 4.78 is 27.2. The van der Waals surface area contributed by atoms with Crippen molar-refractivity contribution in [2.75, 3.05) is 22.8 Å². The molecule has 6 nitrogen and oxygen atoms in total. The van der Waals surface area contributed by atoms with Crippen molar-refractivity contribution in [3.05, 3.63) is 89.5 Å². The highest BCUT2D eigenvalue weighted by molar-refractivity contribution is 7.92. The van der Waals surface area contributed by atoms with Crippen LogP contribution in [0.4, 0.5) is 11.4 Å². The first kappa shape index (κ1) is 22.6. The smallest absolute Gasteiger partial charge is 0.264 e. The van der Waals surface area contributed by atoms with Gasteiger partial charge in [-0.2, -0.15) is 5.26 Å². The molecule has 168 valence electrons. The molecule has 33 heavy (non-hydrogen) atoms. The van der Waals surface area contributed by atoms with Gasteiger partial charge in [0.05, 0.1) is 22.2 Å². The van der Waals surface area contributed by atoms with Crippen LogP contribution in [0, 0.1) is 11.3 Å². The van der Waals surface area contributed by atoms with Crippen molar-refractivity contribution in [3.8, 4) is 6.07 Å². The van der Waals surface area contributed by atoms with Crippen molar-refractivity contribution < 1.29 is 13.2 Å². The Kier molecular flexibility index (Phi) is 6.47. The third kappa shape index (κ3) is 4.76. The molecule has 0 aliphatic carbocycles. The fourth-order valence-corrected chi connectivity index (χ4v) is 5.27. The molecule has 3 aromatic carbocycles. The third-order valence-electron chi connectivity index (χ3n) is 5.96. The summed E-state index contributed by atoms with van der Waals surface area (Å²) in [6.07, 6.45) is 2.60. The molecular weight excluding hydrogens is 434 g/mol. The second-order valence-corrected chi connectivity index (χ2v) is 10.0. The van der Waals surface area contributed by atoms with Crippen molar-refractivity contribution >= 4 is 27.3 Å². The van der Waals surface area contributed by atoms with Gasteiger partial charge in [-0.3, -0.25) is 9.10 Å². The van der Waals surface area contributed by atoms with E-state index in [1.54, 1.807) is 60.5 Å². The molecule has 1 aliphatic rings. The average molecular weight is 460 g/mol. The fraction of sp³-hybridized carbons (Fsp3) is 0.231. The largest absolute Gasteiger partial charge is 0.312 e. The number of carbonyl (C=O) groups excluding carboxylic acids is 1. The third-order valence-corrected chi connectivity index (χ3v) is 7.76.